The second kappa shape index (κ2) is 8.56. The minimum absolute atomic E-state index is 0.555. The maximum Gasteiger partial charge on any atom is 0.153 e. The van der Waals surface area contributed by atoms with Crippen molar-refractivity contribution in [2.24, 2.45) is 29.1 Å². The van der Waals surface area contributed by atoms with Gasteiger partial charge in [0, 0.05) is 17.5 Å². The average molecular weight is 438 g/mol. The molecule has 7 rings (SSSR count). The Morgan fingerprint density at radius 1 is 0.562 bits per heavy atom. The first-order valence-electron chi connectivity index (χ1n) is 15.1. The van der Waals surface area contributed by atoms with Crippen molar-refractivity contribution in [3.63, 3.8) is 0 Å². The van der Waals surface area contributed by atoms with Gasteiger partial charge in [-0.2, -0.15) is 0 Å². The van der Waals surface area contributed by atoms with Crippen molar-refractivity contribution in [1.29, 1.82) is 0 Å². The van der Waals surface area contributed by atoms with Gasteiger partial charge in [-0.3, -0.25) is 0 Å². The Kier molecular flexibility index (Phi) is 5.68. The largest absolute Gasteiger partial charge is 0.316 e. The molecule has 7 aliphatic rings. The van der Waals surface area contributed by atoms with Gasteiger partial charge >= 0.3 is 0 Å². The van der Waals surface area contributed by atoms with E-state index in [1.807, 2.05) is 0 Å². The third kappa shape index (κ3) is 2.97. The summed E-state index contributed by atoms with van der Waals surface area (Å²) in [5, 5.41) is 12.6. The first kappa shape index (κ1) is 21.2. The Hall–Kier alpha value is -0.0551. The first-order valence-corrected chi connectivity index (χ1v) is 15.1. The molecular weight excluding hydrogens is 389 g/mol. The summed E-state index contributed by atoms with van der Waals surface area (Å²) >= 11 is 0. The molecule has 4 heterocycles. The minimum atomic E-state index is 0.555. The molecule has 4 saturated heterocycles. The molecule has 3 saturated carbocycles. The summed E-state index contributed by atoms with van der Waals surface area (Å²) in [4.78, 5) is 0. The number of fused-ring (bicyclic) bond motifs is 9. The molecule has 1 spiro atoms. The number of rotatable bonds is 1. The van der Waals surface area contributed by atoms with Gasteiger partial charge in [0.15, 0.2) is 6.71 Å². The van der Waals surface area contributed by atoms with E-state index in [-0.39, 0.29) is 0 Å². The lowest BCUT2D eigenvalue weighted by atomic mass is 9.18. The molecule has 7 fully saturated rings. The smallest absolute Gasteiger partial charge is 0.153 e. The lowest BCUT2D eigenvalue weighted by Gasteiger charge is -2.66. The molecule has 3 aliphatic carbocycles. The molecule has 0 radical (unpaired) electrons. The molecule has 8 unspecified atom stereocenters. The van der Waals surface area contributed by atoms with Crippen molar-refractivity contribution in [2.75, 3.05) is 26.2 Å². The highest BCUT2D eigenvalue weighted by Crippen LogP contribution is 2.71. The molecule has 178 valence electrons. The van der Waals surface area contributed by atoms with E-state index in [2.05, 4.69) is 16.0 Å². The quantitative estimate of drug-likeness (QED) is 0.499. The fraction of sp³-hybridized carbons (Fsp3) is 1.00. The predicted octanol–water partition coefficient (Wildman–Crippen LogP) is 5.11. The van der Waals surface area contributed by atoms with Crippen molar-refractivity contribution < 1.29 is 0 Å². The van der Waals surface area contributed by atoms with Crippen LogP contribution in [0, 0.1) is 29.1 Å². The summed E-state index contributed by atoms with van der Waals surface area (Å²) in [6.07, 6.45) is 21.2. The van der Waals surface area contributed by atoms with Gasteiger partial charge in [-0.15, -0.1) is 0 Å². The maximum absolute atomic E-state index is 4.36. The average Bonchev–Trinajstić information content (AvgIpc) is 3.16. The number of hydrogen-bond donors (Lipinski definition) is 3. The van der Waals surface area contributed by atoms with Gasteiger partial charge in [-0.1, -0.05) is 63.6 Å². The molecule has 0 aromatic rings. The topological polar surface area (TPSA) is 36.1 Å². The van der Waals surface area contributed by atoms with Gasteiger partial charge in [0.05, 0.1) is 0 Å². The van der Waals surface area contributed by atoms with Gasteiger partial charge in [0.25, 0.3) is 0 Å². The lowest BCUT2D eigenvalue weighted by Crippen LogP contribution is -2.73. The van der Waals surface area contributed by atoms with E-state index >= 15 is 0 Å². The Labute approximate surface area is 197 Å². The zero-order valence-corrected chi connectivity index (χ0v) is 20.5. The number of piperidine rings is 3. The normalized spacial score (nSPS) is 51.6. The zero-order valence-electron chi connectivity index (χ0n) is 20.5. The van der Waals surface area contributed by atoms with E-state index in [0.29, 0.717) is 5.41 Å². The molecule has 4 heteroatoms. The van der Waals surface area contributed by atoms with E-state index in [1.165, 1.54) is 96.8 Å². The van der Waals surface area contributed by atoms with E-state index in [4.69, 9.17) is 0 Å². The van der Waals surface area contributed by atoms with E-state index < -0.39 is 0 Å². The predicted molar refractivity (Wildman–Crippen MR) is 134 cm³/mol. The molecule has 3 N–H and O–H groups in total. The minimum Gasteiger partial charge on any atom is -0.316 e. The van der Waals surface area contributed by atoms with Gasteiger partial charge < -0.3 is 16.0 Å². The molecule has 0 bridgehead atoms. The molecular formula is C28H48BN3. The van der Waals surface area contributed by atoms with Crippen LogP contribution in [-0.2, 0) is 0 Å². The Morgan fingerprint density at radius 2 is 1.22 bits per heavy atom. The SMILES string of the molecule is C1CCC(B2C3CCCNC3C3(C4CCCCC4C4CNCCC43)C3NCCCC23)CC1. The molecule has 32 heavy (non-hydrogen) atoms. The van der Waals surface area contributed by atoms with Crippen molar-refractivity contribution >= 4 is 6.71 Å². The van der Waals surface area contributed by atoms with Gasteiger partial charge in [-0.25, -0.2) is 0 Å². The summed E-state index contributed by atoms with van der Waals surface area (Å²) < 4.78 is 0. The van der Waals surface area contributed by atoms with Crippen LogP contribution in [0.5, 0.6) is 0 Å². The number of hydrogen-bond acceptors (Lipinski definition) is 3. The van der Waals surface area contributed by atoms with Crippen molar-refractivity contribution in [1.82, 2.24) is 16.0 Å². The molecule has 0 aromatic carbocycles. The summed E-state index contributed by atoms with van der Waals surface area (Å²) in [7, 11) is 0. The van der Waals surface area contributed by atoms with E-state index in [9.17, 15) is 0 Å². The van der Waals surface area contributed by atoms with E-state index in [0.717, 1.165) is 59.9 Å². The van der Waals surface area contributed by atoms with Crippen molar-refractivity contribution in [3.8, 4) is 0 Å². The maximum atomic E-state index is 4.36. The Morgan fingerprint density at radius 3 is 1.97 bits per heavy atom. The highest BCUT2D eigenvalue weighted by atomic mass is 15.1. The standard InChI is InChI=1S/C28H48BN3/c1-2-8-19(9-3-1)29-24-12-6-15-31-26(24)28(27-25(29)13-7-16-32-27)22-11-5-4-10-20(22)21-18-30-17-14-23(21)28/h19-27,30-32H,1-18H2. The summed E-state index contributed by atoms with van der Waals surface area (Å²) in [5.41, 5.74) is 0.555. The Bertz CT molecular complexity index is 630. The Balaban J connectivity index is 1.36. The van der Waals surface area contributed by atoms with Crippen LogP contribution in [0.25, 0.3) is 0 Å². The van der Waals surface area contributed by atoms with Gasteiger partial charge in [-0.05, 0) is 93.6 Å². The van der Waals surface area contributed by atoms with Crippen LogP contribution in [0.4, 0.5) is 0 Å². The van der Waals surface area contributed by atoms with Crippen LogP contribution >= 0.6 is 0 Å². The van der Waals surface area contributed by atoms with Gasteiger partial charge in [0.1, 0.15) is 0 Å². The van der Waals surface area contributed by atoms with Crippen molar-refractivity contribution in [2.45, 2.75) is 119 Å². The molecule has 0 amide bonds. The summed E-state index contributed by atoms with van der Waals surface area (Å²) in [5.74, 6) is 6.94. The van der Waals surface area contributed by atoms with Crippen LogP contribution < -0.4 is 16.0 Å². The zero-order chi connectivity index (χ0) is 21.1. The summed E-state index contributed by atoms with van der Waals surface area (Å²) in [6, 6.07) is 1.63. The fourth-order valence-corrected chi connectivity index (χ4v) is 11.9. The lowest BCUT2D eigenvalue weighted by molar-refractivity contribution is -0.0337. The van der Waals surface area contributed by atoms with Crippen LogP contribution in [0.3, 0.4) is 0 Å². The van der Waals surface area contributed by atoms with Crippen LogP contribution in [0.15, 0.2) is 0 Å². The first-order chi connectivity index (χ1) is 15.9. The van der Waals surface area contributed by atoms with Crippen LogP contribution in [-0.4, -0.2) is 45.0 Å². The highest BCUT2D eigenvalue weighted by Gasteiger charge is 2.71. The monoisotopic (exact) mass is 437 g/mol. The second-order valence-electron chi connectivity index (χ2n) is 13.3. The summed E-state index contributed by atoms with van der Waals surface area (Å²) in [6.45, 7) is 6.21. The van der Waals surface area contributed by atoms with E-state index in [1.54, 1.807) is 19.3 Å². The molecule has 8 atom stereocenters. The van der Waals surface area contributed by atoms with Gasteiger partial charge in [0.2, 0.25) is 0 Å². The molecule has 3 nitrogen and oxygen atoms in total. The second-order valence-corrected chi connectivity index (χ2v) is 13.3. The fourth-order valence-electron chi connectivity index (χ4n) is 11.9. The van der Waals surface area contributed by atoms with Crippen molar-refractivity contribution in [3.05, 3.63) is 0 Å². The molecule has 4 aliphatic heterocycles. The van der Waals surface area contributed by atoms with Crippen LogP contribution in [0.2, 0.25) is 17.5 Å². The highest BCUT2D eigenvalue weighted by molar-refractivity contribution is 6.64. The third-order valence-corrected chi connectivity index (χ3v) is 12.5. The third-order valence-electron chi connectivity index (χ3n) is 12.5. The number of nitrogens with one attached hydrogen (secondary N) is 3. The molecule has 0 aromatic heterocycles. The van der Waals surface area contributed by atoms with Crippen LogP contribution in [0.1, 0.15) is 89.9 Å².